The van der Waals surface area contributed by atoms with Crippen LogP contribution in [0.15, 0.2) is 29.2 Å². The molecule has 0 radical (unpaired) electrons. The smallest absolute Gasteiger partial charge is 0.242 e. The molecule has 0 aliphatic heterocycles. The van der Waals surface area contributed by atoms with Gasteiger partial charge in [-0.2, -0.15) is 0 Å². The van der Waals surface area contributed by atoms with Gasteiger partial charge in [-0.1, -0.05) is 12.1 Å². The summed E-state index contributed by atoms with van der Waals surface area (Å²) in [5.41, 5.74) is 6.23. The molecule has 1 atom stereocenters. The van der Waals surface area contributed by atoms with Gasteiger partial charge >= 0.3 is 0 Å². The molecule has 3 N–H and O–H groups in total. The van der Waals surface area contributed by atoms with E-state index in [0.29, 0.717) is 6.54 Å². The van der Waals surface area contributed by atoms with Crippen LogP contribution in [0.2, 0.25) is 0 Å². The van der Waals surface area contributed by atoms with Gasteiger partial charge in [0.15, 0.2) is 0 Å². The minimum absolute atomic E-state index is 0.222. The molecule has 1 aromatic rings. The molecule has 6 nitrogen and oxygen atoms in total. The zero-order valence-electron chi connectivity index (χ0n) is 11.3. The fourth-order valence-electron chi connectivity index (χ4n) is 1.34. The molecule has 0 saturated carbocycles. The van der Waals surface area contributed by atoms with Crippen molar-refractivity contribution in [3.63, 3.8) is 0 Å². The lowest BCUT2D eigenvalue weighted by Gasteiger charge is -2.12. The maximum atomic E-state index is 11.8. The van der Waals surface area contributed by atoms with E-state index in [0.717, 1.165) is 9.87 Å². The Morgan fingerprint density at radius 1 is 1.32 bits per heavy atom. The van der Waals surface area contributed by atoms with Crippen LogP contribution in [0.1, 0.15) is 12.5 Å². The summed E-state index contributed by atoms with van der Waals surface area (Å²) in [7, 11) is -0.456. The van der Waals surface area contributed by atoms with Crippen LogP contribution in [-0.4, -0.2) is 38.8 Å². The van der Waals surface area contributed by atoms with E-state index < -0.39 is 16.1 Å². The van der Waals surface area contributed by atoms with Crippen molar-refractivity contribution < 1.29 is 13.2 Å². The van der Waals surface area contributed by atoms with Gasteiger partial charge in [0.2, 0.25) is 15.9 Å². The second-order valence-corrected chi connectivity index (χ2v) is 6.59. The first-order valence-electron chi connectivity index (χ1n) is 5.80. The van der Waals surface area contributed by atoms with Gasteiger partial charge in [-0.3, -0.25) is 4.79 Å². The third-order valence-corrected chi connectivity index (χ3v) is 4.41. The van der Waals surface area contributed by atoms with Crippen LogP contribution in [0, 0.1) is 0 Å². The van der Waals surface area contributed by atoms with Crippen molar-refractivity contribution in [1.29, 1.82) is 0 Å². The van der Waals surface area contributed by atoms with Crippen molar-refractivity contribution in [3.05, 3.63) is 29.8 Å². The monoisotopic (exact) mass is 285 g/mol. The molecule has 0 saturated heterocycles. The third-order valence-electron chi connectivity index (χ3n) is 2.58. The van der Waals surface area contributed by atoms with Crippen molar-refractivity contribution in [1.82, 2.24) is 9.62 Å². The quantitative estimate of drug-likeness (QED) is 0.790. The number of carbonyl (C=O) groups is 1. The molecule has 0 bridgehead atoms. The summed E-state index contributed by atoms with van der Waals surface area (Å²) >= 11 is 0. The van der Waals surface area contributed by atoms with Gasteiger partial charge < -0.3 is 11.1 Å². The SMILES string of the molecule is C[C@@H](N)C(=O)NCc1ccc(S(=O)(=O)N(C)C)cc1. The Morgan fingerprint density at radius 2 is 1.84 bits per heavy atom. The second kappa shape index (κ2) is 6.14. The zero-order valence-corrected chi connectivity index (χ0v) is 12.1. The summed E-state index contributed by atoms with van der Waals surface area (Å²) in [5.74, 6) is -0.245. The Balaban J connectivity index is 2.75. The molecule has 0 spiro atoms. The van der Waals surface area contributed by atoms with Crippen molar-refractivity contribution in [2.24, 2.45) is 5.73 Å². The van der Waals surface area contributed by atoms with E-state index in [4.69, 9.17) is 5.73 Å². The molecule has 0 aromatic heterocycles. The molecule has 1 rings (SSSR count). The number of rotatable bonds is 5. The topological polar surface area (TPSA) is 92.5 Å². The average molecular weight is 285 g/mol. The van der Waals surface area contributed by atoms with E-state index in [2.05, 4.69) is 5.32 Å². The average Bonchev–Trinajstić information content (AvgIpc) is 2.36. The maximum absolute atomic E-state index is 11.8. The van der Waals surface area contributed by atoms with Crippen molar-refractivity contribution in [3.8, 4) is 0 Å². The Morgan fingerprint density at radius 3 is 2.26 bits per heavy atom. The Labute approximate surface area is 113 Å². The van der Waals surface area contributed by atoms with Gasteiger partial charge in [0.25, 0.3) is 0 Å². The standard InChI is InChI=1S/C12H19N3O3S/c1-9(13)12(16)14-8-10-4-6-11(7-5-10)19(17,18)15(2)3/h4-7,9H,8,13H2,1-3H3,(H,14,16)/t9-/m1/s1. The molecule has 0 aliphatic rings. The number of hydrogen-bond donors (Lipinski definition) is 2. The molecule has 0 fully saturated rings. The van der Waals surface area contributed by atoms with Crippen molar-refractivity contribution in [2.75, 3.05) is 14.1 Å². The summed E-state index contributed by atoms with van der Waals surface area (Å²) in [6, 6.07) is 5.80. The first-order chi connectivity index (χ1) is 8.75. The van der Waals surface area contributed by atoms with Crippen LogP contribution in [0.4, 0.5) is 0 Å². The lowest BCUT2D eigenvalue weighted by Crippen LogP contribution is -2.37. The van der Waals surface area contributed by atoms with Gasteiger partial charge in [-0.05, 0) is 24.6 Å². The molecule has 0 heterocycles. The van der Waals surface area contributed by atoms with E-state index in [9.17, 15) is 13.2 Å². The lowest BCUT2D eigenvalue weighted by atomic mass is 10.2. The summed E-state index contributed by atoms with van der Waals surface area (Å²) in [5, 5.41) is 2.66. The first kappa shape index (κ1) is 15.6. The maximum Gasteiger partial charge on any atom is 0.242 e. The Kier molecular flexibility index (Phi) is 5.04. The molecule has 0 aliphatic carbocycles. The highest BCUT2D eigenvalue weighted by Crippen LogP contribution is 2.13. The molecular weight excluding hydrogens is 266 g/mol. The van der Waals surface area contributed by atoms with Gasteiger partial charge in [0.05, 0.1) is 10.9 Å². The highest BCUT2D eigenvalue weighted by molar-refractivity contribution is 7.89. The third kappa shape index (κ3) is 4.02. The van der Waals surface area contributed by atoms with Crippen LogP contribution in [0.5, 0.6) is 0 Å². The van der Waals surface area contributed by atoms with E-state index in [1.54, 1.807) is 19.1 Å². The van der Waals surface area contributed by atoms with E-state index >= 15 is 0 Å². The summed E-state index contributed by atoms with van der Waals surface area (Å²) < 4.78 is 24.8. The minimum Gasteiger partial charge on any atom is -0.351 e. The fourth-order valence-corrected chi connectivity index (χ4v) is 2.24. The number of carbonyl (C=O) groups excluding carboxylic acids is 1. The predicted molar refractivity (Wildman–Crippen MR) is 72.8 cm³/mol. The van der Waals surface area contributed by atoms with Gasteiger partial charge in [-0.15, -0.1) is 0 Å². The zero-order chi connectivity index (χ0) is 14.6. The summed E-state index contributed by atoms with van der Waals surface area (Å²) in [4.78, 5) is 11.5. The Bertz CT molecular complexity index is 536. The molecule has 7 heteroatoms. The number of amides is 1. The highest BCUT2D eigenvalue weighted by atomic mass is 32.2. The fraction of sp³-hybridized carbons (Fsp3) is 0.417. The van der Waals surface area contributed by atoms with E-state index in [-0.39, 0.29) is 10.8 Å². The molecule has 1 amide bonds. The largest absolute Gasteiger partial charge is 0.351 e. The van der Waals surface area contributed by atoms with Crippen LogP contribution in [-0.2, 0) is 21.4 Å². The van der Waals surface area contributed by atoms with Crippen molar-refractivity contribution >= 4 is 15.9 Å². The molecule has 19 heavy (non-hydrogen) atoms. The summed E-state index contributed by atoms with van der Waals surface area (Å²) in [6.45, 7) is 1.92. The minimum atomic E-state index is -3.41. The van der Waals surface area contributed by atoms with E-state index in [1.165, 1.54) is 26.2 Å². The molecule has 0 unspecified atom stereocenters. The number of nitrogens with two attached hydrogens (primary N) is 1. The molecule has 106 valence electrons. The lowest BCUT2D eigenvalue weighted by molar-refractivity contribution is -0.122. The van der Waals surface area contributed by atoms with Gasteiger partial charge in [0, 0.05) is 20.6 Å². The molecular formula is C12H19N3O3S. The normalized spacial score (nSPS) is 13.3. The Hall–Kier alpha value is -1.44. The number of hydrogen-bond acceptors (Lipinski definition) is 4. The number of sulfonamides is 1. The number of benzene rings is 1. The van der Waals surface area contributed by atoms with Gasteiger partial charge in [0.1, 0.15) is 0 Å². The molecule has 1 aromatic carbocycles. The highest BCUT2D eigenvalue weighted by Gasteiger charge is 2.16. The van der Waals surface area contributed by atoms with Crippen molar-refractivity contribution in [2.45, 2.75) is 24.4 Å². The number of nitrogens with zero attached hydrogens (tertiary/aromatic N) is 1. The number of nitrogens with one attached hydrogen (secondary N) is 1. The predicted octanol–water partition coefficient (Wildman–Crippen LogP) is -0.0997. The van der Waals surface area contributed by atoms with Gasteiger partial charge in [-0.25, -0.2) is 12.7 Å². The van der Waals surface area contributed by atoms with Crippen LogP contribution >= 0.6 is 0 Å². The second-order valence-electron chi connectivity index (χ2n) is 4.44. The van der Waals surface area contributed by atoms with Crippen LogP contribution in [0.3, 0.4) is 0 Å². The van der Waals surface area contributed by atoms with Crippen LogP contribution < -0.4 is 11.1 Å². The van der Waals surface area contributed by atoms with Crippen LogP contribution in [0.25, 0.3) is 0 Å². The van der Waals surface area contributed by atoms with E-state index in [1.807, 2.05) is 0 Å². The first-order valence-corrected chi connectivity index (χ1v) is 7.24. The summed E-state index contributed by atoms with van der Waals surface area (Å²) in [6.07, 6.45) is 0.